The first-order valence-electron chi connectivity index (χ1n) is 11.2. The highest BCUT2D eigenvalue weighted by atomic mass is 16.3. The van der Waals surface area contributed by atoms with Gasteiger partial charge in [-0.3, -0.25) is 4.98 Å². The number of pyridine rings is 1. The number of aliphatic hydroxyl groups is 1. The van der Waals surface area contributed by atoms with E-state index in [9.17, 15) is 5.11 Å². The molecule has 1 aliphatic carbocycles. The Bertz CT molecular complexity index is 1020. The summed E-state index contributed by atoms with van der Waals surface area (Å²) in [7, 11) is 0. The van der Waals surface area contributed by atoms with Crippen molar-refractivity contribution in [2.75, 3.05) is 5.32 Å². The number of fused-ring (bicyclic) bond motifs is 1. The molecule has 0 fully saturated rings. The number of hydrogen-bond acceptors (Lipinski definition) is 3. The van der Waals surface area contributed by atoms with Gasteiger partial charge in [-0.1, -0.05) is 50.2 Å². The van der Waals surface area contributed by atoms with Crippen LogP contribution in [0.4, 0.5) is 5.69 Å². The highest BCUT2D eigenvalue weighted by molar-refractivity contribution is 5.70. The van der Waals surface area contributed by atoms with Gasteiger partial charge in [0, 0.05) is 22.5 Å². The van der Waals surface area contributed by atoms with Gasteiger partial charge in [0.1, 0.15) is 0 Å². The van der Waals surface area contributed by atoms with E-state index >= 15 is 0 Å². The molecule has 3 heteroatoms. The summed E-state index contributed by atoms with van der Waals surface area (Å²) >= 11 is 0. The second-order valence-corrected chi connectivity index (χ2v) is 8.25. The van der Waals surface area contributed by atoms with Crippen molar-refractivity contribution in [3.8, 4) is 11.3 Å². The molecule has 1 unspecified atom stereocenters. The van der Waals surface area contributed by atoms with Gasteiger partial charge in [0.2, 0.25) is 0 Å². The number of hydrogen-bond donors (Lipinski definition) is 2. The zero-order valence-corrected chi connectivity index (χ0v) is 18.3. The first-order valence-corrected chi connectivity index (χ1v) is 11.2. The molecule has 4 rings (SSSR count). The maximum atomic E-state index is 9.71. The van der Waals surface area contributed by atoms with Gasteiger partial charge >= 0.3 is 0 Å². The van der Waals surface area contributed by atoms with E-state index in [1.165, 1.54) is 33.5 Å². The Labute approximate surface area is 180 Å². The van der Waals surface area contributed by atoms with E-state index in [0.717, 1.165) is 49.0 Å². The molecule has 0 aliphatic heterocycles. The molecular formula is C27H32N2O. The largest absolute Gasteiger partial charge is 0.392 e. The van der Waals surface area contributed by atoms with Gasteiger partial charge in [-0.25, -0.2) is 0 Å². The molecule has 0 amide bonds. The van der Waals surface area contributed by atoms with Crippen molar-refractivity contribution in [3.05, 3.63) is 82.0 Å². The highest BCUT2D eigenvalue weighted by Gasteiger charge is 2.25. The van der Waals surface area contributed by atoms with Crippen molar-refractivity contribution < 1.29 is 5.11 Å². The van der Waals surface area contributed by atoms with Crippen molar-refractivity contribution in [3.63, 3.8) is 0 Å². The predicted molar refractivity (Wildman–Crippen MR) is 125 cm³/mol. The summed E-state index contributed by atoms with van der Waals surface area (Å²) in [5, 5.41) is 13.4. The lowest BCUT2D eigenvalue weighted by atomic mass is 9.86. The van der Waals surface area contributed by atoms with Crippen molar-refractivity contribution >= 4 is 5.69 Å². The fourth-order valence-electron chi connectivity index (χ4n) is 4.86. The number of aliphatic hydroxyl groups excluding tert-OH is 1. The first-order chi connectivity index (χ1) is 14.7. The molecule has 1 heterocycles. The third kappa shape index (κ3) is 3.87. The smallest absolute Gasteiger partial charge is 0.0713 e. The Hall–Kier alpha value is -2.65. The molecule has 30 heavy (non-hydrogen) atoms. The second-order valence-electron chi connectivity index (χ2n) is 8.25. The molecule has 1 aliphatic rings. The number of para-hydroxylation sites is 1. The molecular weight excluding hydrogens is 368 g/mol. The Balaban J connectivity index is 1.76. The number of aryl methyl sites for hydroxylation is 4. The molecule has 0 spiro atoms. The molecule has 2 aromatic carbocycles. The fourth-order valence-corrected chi connectivity index (χ4v) is 4.86. The maximum absolute atomic E-state index is 9.71. The molecule has 1 aromatic heterocycles. The van der Waals surface area contributed by atoms with Crippen molar-refractivity contribution in [1.82, 2.24) is 4.98 Å². The van der Waals surface area contributed by atoms with Gasteiger partial charge in [0.15, 0.2) is 0 Å². The standard InChI is InChI=1S/C27H32N2O/c1-4-19-11-8-12-20(5-2)27(19)25-16-18(3)26-23(14-9-15-24(26)29-25)28-22-13-7-6-10-21(22)17-30/h6-8,10-13,16,23,28,30H,4-5,9,14-15,17H2,1-3H3. The third-order valence-corrected chi connectivity index (χ3v) is 6.37. The molecule has 1 atom stereocenters. The van der Waals surface area contributed by atoms with Crippen LogP contribution in [-0.2, 0) is 25.9 Å². The monoisotopic (exact) mass is 400 g/mol. The highest BCUT2D eigenvalue weighted by Crippen LogP contribution is 2.37. The Kier molecular flexibility index (Phi) is 6.19. The number of nitrogens with zero attached hydrogens (tertiary/aromatic N) is 1. The topological polar surface area (TPSA) is 45.2 Å². The number of nitrogens with one attached hydrogen (secondary N) is 1. The summed E-state index contributed by atoms with van der Waals surface area (Å²) in [6.45, 7) is 6.72. The van der Waals surface area contributed by atoms with Crippen LogP contribution in [0.15, 0.2) is 48.5 Å². The van der Waals surface area contributed by atoms with E-state index in [2.05, 4.69) is 56.4 Å². The molecule has 0 radical (unpaired) electrons. The maximum Gasteiger partial charge on any atom is 0.0713 e. The quantitative estimate of drug-likeness (QED) is 0.520. The van der Waals surface area contributed by atoms with E-state index in [-0.39, 0.29) is 12.6 Å². The van der Waals surface area contributed by atoms with Crippen LogP contribution in [0.3, 0.4) is 0 Å². The van der Waals surface area contributed by atoms with Crippen LogP contribution >= 0.6 is 0 Å². The number of benzene rings is 2. The summed E-state index contributed by atoms with van der Waals surface area (Å²) < 4.78 is 0. The van der Waals surface area contributed by atoms with Gasteiger partial charge < -0.3 is 10.4 Å². The SMILES string of the molecule is CCc1cccc(CC)c1-c1cc(C)c2c(n1)CCCC2Nc1ccccc1CO. The van der Waals surface area contributed by atoms with E-state index in [0.29, 0.717) is 0 Å². The molecule has 156 valence electrons. The summed E-state index contributed by atoms with van der Waals surface area (Å²) in [6, 6.07) is 17.2. The fraction of sp³-hybridized carbons (Fsp3) is 0.370. The third-order valence-electron chi connectivity index (χ3n) is 6.37. The van der Waals surface area contributed by atoms with Gasteiger partial charge in [-0.2, -0.15) is 0 Å². The summed E-state index contributed by atoms with van der Waals surface area (Å²) in [4.78, 5) is 5.21. The minimum absolute atomic E-state index is 0.0481. The summed E-state index contributed by atoms with van der Waals surface area (Å²) in [5.74, 6) is 0. The average molecular weight is 401 g/mol. The predicted octanol–water partition coefficient (Wildman–Crippen LogP) is 6.16. The van der Waals surface area contributed by atoms with Crippen LogP contribution in [0.2, 0.25) is 0 Å². The molecule has 3 nitrogen and oxygen atoms in total. The van der Waals surface area contributed by atoms with Gasteiger partial charge in [0.05, 0.1) is 18.3 Å². The lowest BCUT2D eigenvalue weighted by Gasteiger charge is -2.30. The number of anilines is 1. The van der Waals surface area contributed by atoms with Crippen LogP contribution in [0, 0.1) is 6.92 Å². The van der Waals surface area contributed by atoms with Crippen LogP contribution in [0.5, 0.6) is 0 Å². The van der Waals surface area contributed by atoms with E-state index in [1.807, 2.05) is 18.2 Å². The minimum atomic E-state index is 0.0481. The zero-order chi connectivity index (χ0) is 21.1. The van der Waals surface area contributed by atoms with Crippen molar-refractivity contribution in [2.24, 2.45) is 0 Å². The molecule has 0 saturated carbocycles. The van der Waals surface area contributed by atoms with Crippen LogP contribution < -0.4 is 5.32 Å². The Morgan fingerprint density at radius 3 is 2.40 bits per heavy atom. The van der Waals surface area contributed by atoms with Gasteiger partial charge in [-0.15, -0.1) is 0 Å². The van der Waals surface area contributed by atoms with Gasteiger partial charge in [0.25, 0.3) is 0 Å². The van der Waals surface area contributed by atoms with Crippen LogP contribution in [0.1, 0.15) is 66.2 Å². The Morgan fingerprint density at radius 2 is 1.70 bits per heavy atom. The Morgan fingerprint density at radius 1 is 1.00 bits per heavy atom. The zero-order valence-electron chi connectivity index (χ0n) is 18.3. The van der Waals surface area contributed by atoms with E-state index in [1.54, 1.807) is 0 Å². The van der Waals surface area contributed by atoms with Crippen molar-refractivity contribution in [2.45, 2.75) is 65.5 Å². The second kappa shape index (κ2) is 9.01. The van der Waals surface area contributed by atoms with Gasteiger partial charge in [-0.05, 0) is 73.4 Å². The first kappa shape index (κ1) is 20.6. The summed E-state index contributed by atoms with van der Waals surface area (Å²) in [6.07, 6.45) is 5.27. The normalized spacial score (nSPS) is 15.7. The number of aromatic nitrogens is 1. The molecule has 3 aromatic rings. The van der Waals surface area contributed by atoms with E-state index < -0.39 is 0 Å². The van der Waals surface area contributed by atoms with E-state index in [4.69, 9.17) is 4.98 Å². The number of rotatable bonds is 6. The van der Waals surface area contributed by atoms with Crippen LogP contribution in [0.25, 0.3) is 11.3 Å². The molecule has 2 N–H and O–H groups in total. The molecule has 0 saturated heterocycles. The average Bonchev–Trinajstić information content (AvgIpc) is 2.78. The lowest BCUT2D eigenvalue weighted by Crippen LogP contribution is -2.21. The van der Waals surface area contributed by atoms with Crippen molar-refractivity contribution in [1.29, 1.82) is 0 Å². The van der Waals surface area contributed by atoms with Crippen LogP contribution in [-0.4, -0.2) is 10.1 Å². The molecule has 0 bridgehead atoms. The lowest BCUT2D eigenvalue weighted by molar-refractivity contribution is 0.282. The minimum Gasteiger partial charge on any atom is -0.392 e. The summed E-state index contributed by atoms with van der Waals surface area (Å²) in [5.41, 5.74) is 11.0.